The number of pyridine rings is 1. The lowest BCUT2D eigenvalue weighted by atomic mass is 10.0. The smallest absolute Gasteiger partial charge is 0.309 e. The van der Waals surface area contributed by atoms with Gasteiger partial charge < -0.3 is 9.52 Å². The Balaban J connectivity index is 2.02. The van der Waals surface area contributed by atoms with Crippen molar-refractivity contribution >= 4 is 16.9 Å². The second kappa shape index (κ2) is 4.57. The van der Waals surface area contributed by atoms with Crippen molar-refractivity contribution in [3.63, 3.8) is 0 Å². The van der Waals surface area contributed by atoms with Gasteiger partial charge in [0.25, 0.3) is 0 Å². The van der Waals surface area contributed by atoms with Gasteiger partial charge in [-0.15, -0.1) is 0 Å². The molecule has 0 spiro atoms. The molecular formula is C15H11NO3. The van der Waals surface area contributed by atoms with E-state index in [1.165, 1.54) is 0 Å². The van der Waals surface area contributed by atoms with Gasteiger partial charge in [-0.05, 0) is 41.5 Å². The number of hydrogen-bond acceptors (Lipinski definition) is 3. The standard InChI is InChI=1S/C15H11NO3/c17-15(18)9-13-8-11(3-5-16-13)10-1-2-14-12(7-10)4-6-19-14/h1-8H,9H2,(H,17,18). The topological polar surface area (TPSA) is 63.3 Å². The molecule has 0 saturated carbocycles. The van der Waals surface area contributed by atoms with E-state index >= 15 is 0 Å². The molecule has 0 aliphatic carbocycles. The van der Waals surface area contributed by atoms with E-state index in [0.29, 0.717) is 5.69 Å². The van der Waals surface area contributed by atoms with Crippen LogP contribution in [0.3, 0.4) is 0 Å². The zero-order valence-corrected chi connectivity index (χ0v) is 10.0. The third-order valence-corrected chi connectivity index (χ3v) is 2.93. The lowest BCUT2D eigenvalue weighted by Crippen LogP contribution is -2.02. The lowest BCUT2D eigenvalue weighted by molar-refractivity contribution is -0.136. The lowest BCUT2D eigenvalue weighted by Gasteiger charge is -2.03. The van der Waals surface area contributed by atoms with Crippen molar-refractivity contribution in [3.05, 3.63) is 54.6 Å². The fourth-order valence-electron chi connectivity index (χ4n) is 2.06. The highest BCUT2D eigenvalue weighted by molar-refractivity contribution is 5.83. The quantitative estimate of drug-likeness (QED) is 0.778. The summed E-state index contributed by atoms with van der Waals surface area (Å²) in [6.07, 6.45) is 3.21. The van der Waals surface area contributed by atoms with E-state index in [0.717, 1.165) is 22.1 Å². The Morgan fingerprint density at radius 3 is 2.84 bits per heavy atom. The van der Waals surface area contributed by atoms with Gasteiger partial charge in [0.15, 0.2) is 0 Å². The number of benzene rings is 1. The van der Waals surface area contributed by atoms with Crippen molar-refractivity contribution in [3.8, 4) is 11.1 Å². The average Bonchev–Trinajstić information content (AvgIpc) is 2.85. The molecule has 0 aliphatic heterocycles. The minimum absolute atomic E-state index is 0.0677. The van der Waals surface area contributed by atoms with Gasteiger partial charge in [-0.2, -0.15) is 0 Å². The number of carboxylic acid groups (broad SMARTS) is 1. The van der Waals surface area contributed by atoms with Crippen molar-refractivity contribution in [2.75, 3.05) is 0 Å². The molecule has 0 saturated heterocycles. The maximum atomic E-state index is 10.7. The van der Waals surface area contributed by atoms with Gasteiger partial charge >= 0.3 is 5.97 Å². The summed E-state index contributed by atoms with van der Waals surface area (Å²) < 4.78 is 5.30. The van der Waals surface area contributed by atoms with Gasteiger partial charge in [0.1, 0.15) is 5.58 Å². The fourth-order valence-corrected chi connectivity index (χ4v) is 2.06. The summed E-state index contributed by atoms with van der Waals surface area (Å²) in [5.41, 5.74) is 3.36. The first-order chi connectivity index (χ1) is 9.22. The number of carboxylic acids is 1. The van der Waals surface area contributed by atoms with E-state index in [4.69, 9.17) is 9.52 Å². The minimum Gasteiger partial charge on any atom is -0.481 e. The van der Waals surface area contributed by atoms with Gasteiger partial charge in [0, 0.05) is 11.6 Å². The van der Waals surface area contributed by atoms with E-state index < -0.39 is 5.97 Å². The van der Waals surface area contributed by atoms with Crippen molar-refractivity contribution in [2.45, 2.75) is 6.42 Å². The minimum atomic E-state index is -0.880. The molecule has 3 aromatic rings. The van der Waals surface area contributed by atoms with Crippen LogP contribution in [0.1, 0.15) is 5.69 Å². The van der Waals surface area contributed by atoms with Gasteiger partial charge in [0.05, 0.1) is 18.4 Å². The number of furan rings is 1. The number of carbonyl (C=O) groups is 1. The average molecular weight is 253 g/mol. The van der Waals surface area contributed by atoms with Crippen LogP contribution in [0, 0.1) is 0 Å². The Labute approximate surface area is 109 Å². The third-order valence-electron chi connectivity index (χ3n) is 2.93. The van der Waals surface area contributed by atoms with Crippen LogP contribution >= 0.6 is 0 Å². The molecule has 0 aliphatic rings. The summed E-state index contributed by atoms with van der Waals surface area (Å²) in [4.78, 5) is 14.8. The number of rotatable bonds is 3. The molecule has 1 aromatic carbocycles. The van der Waals surface area contributed by atoms with Gasteiger partial charge in [0.2, 0.25) is 0 Å². The highest BCUT2D eigenvalue weighted by Crippen LogP contribution is 2.25. The second-order valence-corrected chi connectivity index (χ2v) is 4.28. The number of nitrogens with zero attached hydrogens (tertiary/aromatic N) is 1. The normalized spacial score (nSPS) is 10.7. The number of fused-ring (bicyclic) bond motifs is 1. The molecule has 3 rings (SSSR count). The molecular weight excluding hydrogens is 242 g/mol. The van der Waals surface area contributed by atoms with E-state index in [1.54, 1.807) is 18.5 Å². The first-order valence-electron chi connectivity index (χ1n) is 5.87. The van der Waals surface area contributed by atoms with Crippen molar-refractivity contribution in [1.82, 2.24) is 4.98 Å². The van der Waals surface area contributed by atoms with E-state index in [9.17, 15) is 4.79 Å². The number of aromatic nitrogens is 1. The largest absolute Gasteiger partial charge is 0.481 e. The Hall–Kier alpha value is -2.62. The predicted octanol–water partition coefficient (Wildman–Crippen LogP) is 3.12. The zero-order chi connectivity index (χ0) is 13.2. The maximum absolute atomic E-state index is 10.7. The molecule has 2 heterocycles. The highest BCUT2D eigenvalue weighted by atomic mass is 16.4. The number of hydrogen-bond donors (Lipinski definition) is 1. The molecule has 0 fully saturated rings. The third kappa shape index (κ3) is 2.33. The summed E-state index contributed by atoms with van der Waals surface area (Å²) in [7, 11) is 0. The predicted molar refractivity (Wildman–Crippen MR) is 70.8 cm³/mol. The maximum Gasteiger partial charge on any atom is 0.309 e. The fraction of sp³-hybridized carbons (Fsp3) is 0.0667. The first-order valence-corrected chi connectivity index (χ1v) is 5.87. The van der Waals surface area contributed by atoms with Gasteiger partial charge in [-0.1, -0.05) is 6.07 Å². The molecule has 4 heteroatoms. The van der Waals surface area contributed by atoms with Crippen LogP contribution in [0.25, 0.3) is 22.1 Å². The summed E-state index contributed by atoms with van der Waals surface area (Å²) >= 11 is 0. The Kier molecular flexibility index (Phi) is 2.76. The van der Waals surface area contributed by atoms with Crippen LogP contribution in [0.5, 0.6) is 0 Å². The molecule has 94 valence electrons. The summed E-state index contributed by atoms with van der Waals surface area (Å²) in [6, 6.07) is 11.4. The molecule has 0 unspecified atom stereocenters. The Morgan fingerprint density at radius 1 is 1.16 bits per heavy atom. The summed E-state index contributed by atoms with van der Waals surface area (Å²) in [6.45, 7) is 0. The van der Waals surface area contributed by atoms with E-state index in [2.05, 4.69) is 4.98 Å². The second-order valence-electron chi connectivity index (χ2n) is 4.28. The van der Waals surface area contributed by atoms with Crippen LogP contribution in [0.4, 0.5) is 0 Å². The van der Waals surface area contributed by atoms with Crippen molar-refractivity contribution in [1.29, 1.82) is 0 Å². The SMILES string of the molecule is O=C(O)Cc1cc(-c2ccc3occc3c2)ccn1. The van der Waals surface area contributed by atoms with Gasteiger partial charge in [-0.3, -0.25) is 9.78 Å². The molecule has 19 heavy (non-hydrogen) atoms. The molecule has 0 radical (unpaired) electrons. The Morgan fingerprint density at radius 2 is 2.00 bits per heavy atom. The van der Waals surface area contributed by atoms with Crippen LogP contribution in [0.15, 0.2) is 53.3 Å². The Bertz CT molecular complexity index is 746. The number of aliphatic carboxylic acids is 1. The van der Waals surface area contributed by atoms with Crippen LogP contribution < -0.4 is 0 Å². The van der Waals surface area contributed by atoms with Crippen LogP contribution in [-0.4, -0.2) is 16.1 Å². The molecule has 1 N–H and O–H groups in total. The van der Waals surface area contributed by atoms with Crippen molar-refractivity contribution < 1.29 is 14.3 Å². The van der Waals surface area contributed by atoms with Crippen molar-refractivity contribution in [2.24, 2.45) is 0 Å². The first kappa shape index (κ1) is 11.5. The van der Waals surface area contributed by atoms with Gasteiger partial charge in [-0.25, -0.2) is 0 Å². The van der Waals surface area contributed by atoms with Crippen LogP contribution in [0.2, 0.25) is 0 Å². The molecule has 0 amide bonds. The molecule has 4 nitrogen and oxygen atoms in total. The van der Waals surface area contributed by atoms with Crippen LogP contribution in [-0.2, 0) is 11.2 Å². The van der Waals surface area contributed by atoms with E-state index in [1.807, 2.05) is 30.3 Å². The zero-order valence-electron chi connectivity index (χ0n) is 10.0. The molecule has 0 atom stereocenters. The summed E-state index contributed by atoms with van der Waals surface area (Å²) in [5.74, 6) is -0.880. The monoisotopic (exact) mass is 253 g/mol. The highest BCUT2D eigenvalue weighted by Gasteiger charge is 2.05. The molecule has 0 bridgehead atoms. The molecule has 2 aromatic heterocycles. The van der Waals surface area contributed by atoms with E-state index in [-0.39, 0.29) is 6.42 Å². The summed E-state index contributed by atoms with van der Waals surface area (Å²) in [5, 5.41) is 9.81.